The summed E-state index contributed by atoms with van der Waals surface area (Å²) in [6.45, 7) is 8.74. The number of ether oxygens (including phenoxy) is 1. The van der Waals surface area contributed by atoms with Crippen molar-refractivity contribution in [2.75, 3.05) is 39.4 Å². The average molecular weight is 328 g/mol. The maximum atomic E-state index is 5.87. The molecule has 0 aliphatic carbocycles. The topological polar surface area (TPSA) is 54.6 Å². The fourth-order valence-corrected chi connectivity index (χ4v) is 3.54. The van der Waals surface area contributed by atoms with Crippen LogP contribution >= 0.6 is 0 Å². The first-order valence-corrected chi connectivity index (χ1v) is 8.68. The van der Waals surface area contributed by atoms with Gasteiger partial charge in [0.1, 0.15) is 0 Å². The molecule has 0 spiro atoms. The van der Waals surface area contributed by atoms with Crippen molar-refractivity contribution in [3.05, 3.63) is 47.2 Å². The third kappa shape index (κ3) is 3.50. The first-order valence-electron chi connectivity index (χ1n) is 8.68. The summed E-state index contributed by atoms with van der Waals surface area (Å²) in [5, 5.41) is 8.46. The highest BCUT2D eigenvalue weighted by molar-refractivity contribution is 5.27. The average Bonchev–Trinajstić information content (AvgIpc) is 3.04. The Kier molecular flexibility index (Phi) is 4.60. The number of nitrogens with zero attached hydrogens (tertiary/aromatic N) is 4. The fourth-order valence-electron chi connectivity index (χ4n) is 3.54. The lowest BCUT2D eigenvalue weighted by molar-refractivity contribution is -0.0474. The predicted molar refractivity (Wildman–Crippen MR) is 89.7 cm³/mol. The Labute approximate surface area is 142 Å². The Hall–Kier alpha value is -1.76. The van der Waals surface area contributed by atoms with Crippen LogP contribution in [0.3, 0.4) is 0 Å². The summed E-state index contributed by atoms with van der Waals surface area (Å²) >= 11 is 0. The lowest BCUT2D eigenvalue weighted by Crippen LogP contribution is -2.57. The molecule has 4 rings (SSSR count). The van der Waals surface area contributed by atoms with E-state index in [2.05, 4.69) is 39.1 Å². The molecular formula is C18H24N4O2. The first-order chi connectivity index (χ1) is 11.8. The molecule has 1 aromatic heterocycles. The van der Waals surface area contributed by atoms with Gasteiger partial charge < -0.3 is 9.15 Å². The number of piperazine rings is 1. The summed E-state index contributed by atoms with van der Waals surface area (Å²) < 4.78 is 11.5. The SMILES string of the molecule is Cc1ccccc1Cc1nnc(CN2CCN3CCOCC3C2)o1. The van der Waals surface area contributed by atoms with Crippen molar-refractivity contribution in [1.82, 2.24) is 20.0 Å². The highest BCUT2D eigenvalue weighted by Crippen LogP contribution is 2.17. The zero-order chi connectivity index (χ0) is 16.4. The van der Waals surface area contributed by atoms with Gasteiger partial charge in [0.05, 0.1) is 26.2 Å². The Morgan fingerprint density at radius 2 is 2.00 bits per heavy atom. The van der Waals surface area contributed by atoms with Crippen molar-refractivity contribution < 1.29 is 9.15 Å². The van der Waals surface area contributed by atoms with Gasteiger partial charge in [-0.05, 0) is 18.1 Å². The van der Waals surface area contributed by atoms with Crippen LogP contribution in [0, 0.1) is 6.92 Å². The molecule has 0 bridgehead atoms. The third-order valence-electron chi connectivity index (χ3n) is 4.99. The van der Waals surface area contributed by atoms with Gasteiger partial charge in [-0.25, -0.2) is 0 Å². The van der Waals surface area contributed by atoms with Gasteiger partial charge in [-0.1, -0.05) is 24.3 Å². The number of morpholine rings is 1. The minimum absolute atomic E-state index is 0.502. The van der Waals surface area contributed by atoms with Gasteiger partial charge in [0.15, 0.2) is 0 Å². The van der Waals surface area contributed by atoms with Crippen molar-refractivity contribution >= 4 is 0 Å². The molecule has 6 heteroatoms. The van der Waals surface area contributed by atoms with Gasteiger partial charge in [-0.15, -0.1) is 10.2 Å². The van der Waals surface area contributed by atoms with E-state index in [9.17, 15) is 0 Å². The number of benzene rings is 1. The molecule has 1 aromatic carbocycles. The summed E-state index contributed by atoms with van der Waals surface area (Å²) in [6, 6.07) is 8.82. The quantitative estimate of drug-likeness (QED) is 0.847. The van der Waals surface area contributed by atoms with E-state index in [0.717, 1.165) is 45.9 Å². The van der Waals surface area contributed by atoms with E-state index in [1.807, 2.05) is 12.1 Å². The van der Waals surface area contributed by atoms with Gasteiger partial charge in [0, 0.05) is 32.2 Å². The van der Waals surface area contributed by atoms with Crippen LogP contribution in [-0.2, 0) is 17.7 Å². The van der Waals surface area contributed by atoms with Gasteiger partial charge >= 0.3 is 0 Å². The zero-order valence-corrected chi connectivity index (χ0v) is 14.1. The summed E-state index contributed by atoms with van der Waals surface area (Å²) in [4.78, 5) is 4.92. The van der Waals surface area contributed by atoms with Crippen LogP contribution in [-0.4, -0.2) is 65.4 Å². The Balaban J connectivity index is 1.36. The van der Waals surface area contributed by atoms with Crippen LogP contribution in [0.2, 0.25) is 0 Å². The van der Waals surface area contributed by atoms with Crippen LogP contribution in [0.15, 0.2) is 28.7 Å². The Morgan fingerprint density at radius 1 is 1.12 bits per heavy atom. The fraction of sp³-hybridized carbons (Fsp3) is 0.556. The smallest absolute Gasteiger partial charge is 0.230 e. The highest BCUT2D eigenvalue weighted by Gasteiger charge is 2.30. The van der Waals surface area contributed by atoms with Crippen molar-refractivity contribution in [2.24, 2.45) is 0 Å². The lowest BCUT2D eigenvalue weighted by Gasteiger charge is -2.43. The van der Waals surface area contributed by atoms with Crippen LogP contribution in [0.1, 0.15) is 22.9 Å². The molecule has 24 heavy (non-hydrogen) atoms. The number of aromatic nitrogens is 2. The molecule has 1 atom stereocenters. The number of fused-ring (bicyclic) bond motifs is 1. The van der Waals surface area contributed by atoms with E-state index in [4.69, 9.17) is 9.15 Å². The van der Waals surface area contributed by atoms with Crippen molar-refractivity contribution in [3.8, 4) is 0 Å². The third-order valence-corrected chi connectivity index (χ3v) is 4.99. The molecular weight excluding hydrogens is 304 g/mol. The second-order valence-electron chi connectivity index (χ2n) is 6.69. The molecule has 0 N–H and O–H groups in total. The van der Waals surface area contributed by atoms with Gasteiger partial charge in [0.2, 0.25) is 11.8 Å². The molecule has 2 aliphatic heterocycles. The van der Waals surface area contributed by atoms with E-state index in [0.29, 0.717) is 24.2 Å². The van der Waals surface area contributed by atoms with Crippen LogP contribution < -0.4 is 0 Å². The van der Waals surface area contributed by atoms with E-state index < -0.39 is 0 Å². The van der Waals surface area contributed by atoms with E-state index >= 15 is 0 Å². The monoisotopic (exact) mass is 328 g/mol. The number of hydrogen-bond donors (Lipinski definition) is 0. The zero-order valence-electron chi connectivity index (χ0n) is 14.1. The maximum Gasteiger partial charge on any atom is 0.230 e. The van der Waals surface area contributed by atoms with E-state index in [1.165, 1.54) is 11.1 Å². The molecule has 2 saturated heterocycles. The van der Waals surface area contributed by atoms with E-state index in [1.54, 1.807) is 0 Å². The first kappa shape index (κ1) is 15.7. The lowest BCUT2D eigenvalue weighted by atomic mass is 10.1. The molecule has 6 nitrogen and oxygen atoms in total. The number of rotatable bonds is 4. The van der Waals surface area contributed by atoms with Crippen molar-refractivity contribution in [3.63, 3.8) is 0 Å². The predicted octanol–water partition coefficient (Wildman–Crippen LogP) is 1.49. The standard InChI is InChI=1S/C18H24N4O2/c1-14-4-2-3-5-15(14)10-17-19-20-18(24-17)12-21-6-7-22-8-9-23-13-16(22)11-21/h2-5,16H,6-13H2,1H3. The largest absolute Gasteiger partial charge is 0.424 e. The van der Waals surface area contributed by atoms with E-state index in [-0.39, 0.29) is 0 Å². The molecule has 3 heterocycles. The van der Waals surface area contributed by atoms with Gasteiger partial charge in [-0.3, -0.25) is 9.80 Å². The molecule has 0 amide bonds. The van der Waals surface area contributed by atoms with Crippen LogP contribution in [0.5, 0.6) is 0 Å². The normalized spacial score (nSPS) is 22.5. The molecule has 128 valence electrons. The minimum atomic E-state index is 0.502. The highest BCUT2D eigenvalue weighted by atomic mass is 16.5. The Morgan fingerprint density at radius 3 is 2.92 bits per heavy atom. The molecule has 2 aliphatic rings. The van der Waals surface area contributed by atoms with Gasteiger partial charge in [-0.2, -0.15) is 0 Å². The van der Waals surface area contributed by atoms with Crippen LogP contribution in [0.25, 0.3) is 0 Å². The van der Waals surface area contributed by atoms with Crippen molar-refractivity contribution in [1.29, 1.82) is 0 Å². The molecule has 0 saturated carbocycles. The second kappa shape index (κ2) is 7.01. The summed E-state index contributed by atoms with van der Waals surface area (Å²) in [5.74, 6) is 1.41. The molecule has 0 radical (unpaired) electrons. The van der Waals surface area contributed by atoms with Gasteiger partial charge in [0.25, 0.3) is 0 Å². The molecule has 2 aromatic rings. The Bertz CT molecular complexity index is 687. The number of aryl methyl sites for hydroxylation is 1. The summed E-state index contributed by atoms with van der Waals surface area (Å²) in [6.07, 6.45) is 0.698. The van der Waals surface area contributed by atoms with Crippen molar-refractivity contribution in [2.45, 2.75) is 25.9 Å². The van der Waals surface area contributed by atoms with Crippen LogP contribution in [0.4, 0.5) is 0 Å². The minimum Gasteiger partial charge on any atom is -0.424 e. The number of hydrogen-bond acceptors (Lipinski definition) is 6. The summed E-state index contributed by atoms with van der Waals surface area (Å²) in [5.41, 5.74) is 2.49. The molecule has 2 fully saturated rings. The second-order valence-corrected chi connectivity index (χ2v) is 6.69. The molecule has 1 unspecified atom stereocenters. The maximum absolute atomic E-state index is 5.87. The summed E-state index contributed by atoms with van der Waals surface area (Å²) in [7, 11) is 0.